The van der Waals surface area contributed by atoms with Crippen molar-refractivity contribution in [3.05, 3.63) is 168 Å². The van der Waals surface area contributed by atoms with Crippen molar-refractivity contribution in [2.24, 2.45) is 5.92 Å². The van der Waals surface area contributed by atoms with Crippen molar-refractivity contribution >= 4 is 23.7 Å². The van der Waals surface area contributed by atoms with Crippen molar-refractivity contribution in [3.63, 3.8) is 0 Å². The van der Waals surface area contributed by atoms with Gasteiger partial charge in [-0.1, -0.05) is 48.5 Å². The summed E-state index contributed by atoms with van der Waals surface area (Å²) in [4.78, 5) is 27.5. The second-order valence-electron chi connectivity index (χ2n) is 12.9. The second-order valence-corrected chi connectivity index (χ2v) is 12.9. The molecule has 0 saturated heterocycles. The van der Waals surface area contributed by atoms with Gasteiger partial charge in [0.05, 0.1) is 62.1 Å². The maximum absolute atomic E-state index is 13.8. The van der Waals surface area contributed by atoms with E-state index in [2.05, 4.69) is 0 Å². The second kappa shape index (κ2) is 15.1. The molecule has 0 N–H and O–H groups in total. The molecule has 1 unspecified atom stereocenters. The van der Waals surface area contributed by atoms with E-state index in [-0.39, 0.29) is 21.3 Å². The fourth-order valence-corrected chi connectivity index (χ4v) is 6.61. The number of hydrogen-bond acceptors (Lipinski definition) is 7. The minimum Gasteiger partial charge on any atom is -0.493 e. The third-order valence-electron chi connectivity index (χ3n) is 9.53. The zero-order valence-electron chi connectivity index (χ0n) is 30.9. The molecule has 1 aliphatic rings. The lowest BCUT2D eigenvalue weighted by Crippen LogP contribution is -2.64. The van der Waals surface area contributed by atoms with Crippen molar-refractivity contribution in [1.82, 2.24) is 0 Å². The molecule has 6 aromatic rings. The van der Waals surface area contributed by atoms with Crippen LogP contribution in [0.3, 0.4) is 0 Å². The van der Waals surface area contributed by atoms with Crippen molar-refractivity contribution in [2.75, 3.05) is 28.4 Å². The van der Waals surface area contributed by atoms with Gasteiger partial charge in [0.25, 0.3) is 0 Å². The number of methoxy groups -OCH3 is 4. The Labute approximate surface area is 312 Å². The highest BCUT2D eigenvalue weighted by Crippen LogP contribution is 2.38. The Morgan fingerprint density at radius 2 is 1.11 bits per heavy atom. The summed E-state index contributed by atoms with van der Waals surface area (Å²) in [5, 5.41) is 0.219. The predicted octanol–water partition coefficient (Wildman–Crippen LogP) is 7.48. The van der Waals surface area contributed by atoms with Gasteiger partial charge in [0.2, 0.25) is 10.9 Å². The molecule has 1 aliphatic heterocycles. The zero-order valence-corrected chi connectivity index (χ0v) is 30.9. The van der Waals surface area contributed by atoms with Crippen molar-refractivity contribution in [1.29, 1.82) is 0 Å². The number of allylic oxidation sites excluding steroid dienone is 2. The average Bonchev–Trinajstić information content (AvgIpc) is 3.21. The largest absolute Gasteiger partial charge is 0.493 e. The van der Waals surface area contributed by atoms with Crippen LogP contribution in [0.5, 0.6) is 23.0 Å². The van der Waals surface area contributed by atoms with Crippen LogP contribution in [-0.2, 0) is 4.74 Å². The van der Waals surface area contributed by atoms with Crippen LogP contribution in [0.15, 0.2) is 123 Å². The first-order valence-corrected chi connectivity index (χ1v) is 17.4. The van der Waals surface area contributed by atoms with Gasteiger partial charge >= 0.3 is 11.5 Å². The molecule has 0 saturated carbocycles. The van der Waals surface area contributed by atoms with Gasteiger partial charge in [0, 0.05) is 23.1 Å². The smallest absolute Gasteiger partial charge is 0.361 e. The first kappa shape index (κ1) is 35.7. The van der Waals surface area contributed by atoms with Gasteiger partial charge in [-0.2, -0.15) is 0 Å². The predicted molar refractivity (Wildman–Crippen MR) is 212 cm³/mol. The van der Waals surface area contributed by atoms with Crippen LogP contribution in [0.1, 0.15) is 27.8 Å². The van der Waals surface area contributed by atoms with Gasteiger partial charge in [-0.15, -0.1) is 0 Å². The van der Waals surface area contributed by atoms with E-state index in [0.717, 1.165) is 33.4 Å². The molecular formula is C46H39O8+. The average molecular weight is 720 g/mol. The minimum absolute atomic E-state index is 0.0979. The molecule has 54 heavy (non-hydrogen) atoms. The standard InChI is InChI=1S/C46H39O8/c1-27-11-7-9-13-33(27)41-23-29(21-39(53-41)31-15-17-37(49-3)43(25-31)51-5)19-35-45(47)36(46(35)48)20-30-22-40(32-16-18-38(50-4)44(26-32)52-6)54-42(24-30)34-14-10-8-12-28(34)2/h7-26,29H,1-6H3/q+1. The molecule has 1 atom stereocenters. The summed E-state index contributed by atoms with van der Waals surface area (Å²) < 4.78 is 34.9. The van der Waals surface area contributed by atoms with E-state index < -0.39 is 5.92 Å². The topological polar surface area (TPSA) is 91.6 Å². The molecule has 2 heterocycles. The number of aryl methyl sites for hydroxylation is 2. The Bertz CT molecular complexity index is 2630. The van der Waals surface area contributed by atoms with E-state index in [0.29, 0.717) is 51.6 Å². The first-order chi connectivity index (χ1) is 26.2. The molecule has 0 bridgehead atoms. The molecular weight excluding hydrogens is 680 g/mol. The summed E-state index contributed by atoms with van der Waals surface area (Å²) in [5.41, 5.74) is 5.31. The molecule has 270 valence electrons. The van der Waals surface area contributed by atoms with Gasteiger partial charge < -0.3 is 23.7 Å². The van der Waals surface area contributed by atoms with E-state index >= 15 is 0 Å². The highest BCUT2D eigenvalue weighted by atomic mass is 16.5. The molecule has 8 nitrogen and oxygen atoms in total. The molecule has 0 radical (unpaired) electrons. The van der Waals surface area contributed by atoms with E-state index in [1.54, 1.807) is 46.7 Å². The molecule has 7 rings (SSSR count). The minimum atomic E-state index is -0.416. The molecule has 0 aliphatic carbocycles. The summed E-state index contributed by atoms with van der Waals surface area (Å²) >= 11 is 0. The third-order valence-corrected chi connectivity index (χ3v) is 9.53. The summed E-state index contributed by atoms with van der Waals surface area (Å²) in [7, 11) is 6.31. The van der Waals surface area contributed by atoms with Crippen LogP contribution in [-0.4, -0.2) is 28.4 Å². The lowest BCUT2D eigenvalue weighted by Gasteiger charge is -2.22. The van der Waals surface area contributed by atoms with Crippen molar-refractivity contribution in [2.45, 2.75) is 13.8 Å². The lowest BCUT2D eigenvalue weighted by molar-refractivity contribution is 0.354. The van der Waals surface area contributed by atoms with E-state index in [1.807, 2.05) is 117 Å². The number of rotatable bonds is 10. The zero-order chi connectivity index (χ0) is 37.9. The molecule has 5 aromatic carbocycles. The van der Waals surface area contributed by atoms with Gasteiger partial charge in [-0.05, 0) is 85.2 Å². The van der Waals surface area contributed by atoms with E-state index in [9.17, 15) is 9.59 Å². The Balaban J connectivity index is 1.33. The Morgan fingerprint density at radius 1 is 0.574 bits per heavy atom. The Kier molecular flexibility index (Phi) is 10.0. The summed E-state index contributed by atoms with van der Waals surface area (Å²) in [6.07, 6.45) is 7.15. The Hall–Kier alpha value is -6.67. The van der Waals surface area contributed by atoms with Crippen LogP contribution in [0.4, 0.5) is 0 Å². The molecule has 8 heteroatoms. The van der Waals surface area contributed by atoms with Crippen LogP contribution in [0.2, 0.25) is 0 Å². The van der Waals surface area contributed by atoms with Gasteiger partial charge in [0.1, 0.15) is 11.5 Å². The number of benzene rings is 4. The monoisotopic (exact) mass is 719 g/mol. The number of ether oxygens (including phenoxy) is 5. The van der Waals surface area contributed by atoms with Crippen LogP contribution >= 0.6 is 0 Å². The van der Waals surface area contributed by atoms with E-state index in [4.69, 9.17) is 28.1 Å². The maximum atomic E-state index is 13.8. The summed E-state index contributed by atoms with van der Waals surface area (Å²) in [5.74, 6) is 4.15. The van der Waals surface area contributed by atoms with Gasteiger partial charge in [0.15, 0.2) is 23.0 Å². The number of hydrogen-bond donors (Lipinski definition) is 0. The molecule has 1 aromatic heterocycles. The fraction of sp³-hybridized carbons (Fsp3) is 0.152. The summed E-state index contributed by atoms with van der Waals surface area (Å²) in [6.45, 7) is 4.01. The van der Waals surface area contributed by atoms with E-state index in [1.165, 1.54) is 0 Å². The van der Waals surface area contributed by atoms with Gasteiger partial charge in [-0.25, -0.2) is 4.42 Å². The quantitative estimate of drug-likeness (QED) is 0.135. The van der Waals surface area contributed by atoms with Crippen molar-refractivity contribution < 1.29 is 28.1 Å². The highest BCUT2D eigenvalue weighted by Gasteiger charge is 2.24. The summed E-state index contributed by atoms with van der Waals surface area (Å²) in [6, 6.07) is 30.5. The normalized spacial score (nSPS) is 13.7. The highest BCUT2D eigenvalue weighted by molar-refractivity contribution is 5.77. The van der Waals surface area contributed by atoms with Crippen LogP contribution in [0, 0.1) is 19.8 Å². The third kappa shape index (κ3) is 6.94. The SMILES string of the molecule is COc1ccc(C2=CC(C=c3c(=O)c(=Cc4cc(-c5ccc(OC)c(OC)c5)[o+]c(-c5ccccc5C)c4)c3=O)C=C(c3ccccc3C)O2)cc1OC. The molecule has 0 amide bonds. The first-order valence-electron chi connectivity index (χ1n) is 17.4. The van der Waals surface area contributed by atoms with Crippen LogP contribution < -0.4 is 40.2 Å². The fourth-order valence-electron chi connectivity index (χ4n) is 6.61. The maximum Gasteiger partial charge on any atom is 0.361 e. The van der Waals surface area contributed by atoms with Gasteiger partial charge in [-0.3, -0.25) is 9.59 Å². The van der Waals surface area contributed by atoms with Crippen LogP contribution in [0.25, 0.3) is 46.3 Å². The molecule has 0 fully saturated rings. The molecule has 0 spiro atoms. The Morgan fingerprint density at radius 3 is 1.72 bits per heavy atom. The lowest BCUT2D eigenvalue weighted by atomic mass is 9.96. The van der Waals surface area contributed by atoms with Crippen molar-refractivity contribution in [3.8, 4) is 45.6 Å².